The van der Waals surface area contributed by atoms with E-state index in [4.69, 9.17) is 14.0 Å². The molecule has 21 heavy (non-hydrogen) atoms. The summed E-state index contributed by atoms with van der Waals surface area (Å²) < 4.78 is 16.7. The van der Waals surface area contributed by atoms with E-state index in [-0.39, 0.29) is 6.61 Å². The van der Waals surface area contributed by atoms with E-state index >= 15 is 0 Å². The van der Waals surface area contributed by atoms with Crippen LogP contribution < -0.4 is 9.47 Å². The quantitative estimate of drug-likeness (QED) is 0.743. The Bertz CT molecular complexity index is 667. The van der Waals surface area contributed by atoms with E-state index in [0.29, 0.717) is 33.3 Å². The van der Waals surface area contributed by atoms with Crippen molar-refractivity contribution >= 4 is 22.2 Å². The van der Waals surface area contributed by atoms with Crippen molar-refractivity contribution in [3.05, 3.63) is 33.9 Å². The molecule has 0 atom stereocenters. The molecule has 6 nitrogen and oxygen atoms in total. The van der Waals surface area contributed by atoms with Gasteiger partial charge < -0.3 is 14.0 Å². The molecule has 0 radical (unpaired) electrons. The second-order valence-electron chi connectivity index (χ2n) is 4.76. The zero-order valence-corrected chi connectivity index (χ0v) is 12.9. The van der Waals surface area contributed by atoms with Gasteiger partial charge in [0.1, 0.15) is 6.29 Å². The summed E-state index contributed by atoms with van der Waals surface area (Å²) in [7, 11) is 1.51. The fraction of sp³-hybridized carbons (Fsp3) is 0.357. The van der Waals surface area contributed by atoms with Gasteiger partial charge in [-0.2, -0.15) is 4.98 Å². The standard InChI is InChI=1S/C14H13BrN2O4/c1-19-11-5-8(6-18)4-10(15)13(11)20-7-12-16-14(17-21-12)9-2-3-9/h4-6,9H,2-3,7H2,1H3. The first-order valence-electron chi connectivity index (χ1n) is 6.49. The van der Waals surface area contributed by atoms with Gasteiger partial charge in [0.15, 0.2) is 23.9 Å². The smallest absolute Gasteiger partial charge is 0.264 e. The Hall–Kier alpha value is -1.89. The molecule has 7 heteroatoms. The van der Waals surface area contributed by atoms with Crippen molar-refractivity contribution in [2.45, 2.75) is 25.4 Å². The van der Waals surface area contributed by atoms with E-state index in [1.54, 1.807) is 12.1 Å². The maximum Gasteiger partial charge on any atom is 0.264 e. The Morgan fingerprint density at radius 2 is 2.29 bits per heavy atom. The normalized spacial score (nSPS) is 14.0. The van der Waals surface area contributed by atoms with Gasteiger partial charge in [-0.25, -0.2) is 0 Å². The van der Waals surface area contributed by atoms with Gasteiger partial charge in [-0.1, -0.05) is 5.16 Å². The largest absolute Gasteiger partial charge is 0.493 e. The van der Waals surface area contributed by atoms with Crippen molar-refractivity contribution in [2.75, 3.05) is 7.11 Å². The highest BCUT2D eigenvalue weighted by Crippen LogP contribution is 2.39. The van der Waals surface area contributed by atoms with Gasteiger partial charge in [-0.05, 0) is 40.9 Å². The highest BCUT2D eigenvalue weighted by molar-refractivity contribution is 9.10. The Morgan fingerprint density at radius 1 is 1.48 bits per heavy atom. The van der Waals surface area contributed by atoms with Crippen LogP contribution in [0.1, 0.15) is 40.8 Å². The van der Waals surface area contributed by atoms with Crippen molar-refractivity contribution in [1.29, 1.82) is 0 Å². The van der Waals surface area contributed by atoms with Gasteiger partial charge in [0.05, 0.1) is 11.6 Å². The number of hydrogen-bond donors (Lipinski definition) is 0. The van der Waals surface area contributed by atoms with E-state index in [1.165, 1.54) is 7.11 Å². The second-order valence-corrected chi connectivity index (χ2v) is 5.62. The SMILES string of the molecule is COc1cc(C=O)cc(Br)c1OCc1nc(C2CC2)no1. The summed E-state index contributed by atoms with van der Waals surface area (Å²) in [5.41, 5.74) is 0.500. The number of aldehydes is 1. The maximum absolute atomic E-state index is 10.8. The summed E-state index contributed by atoms with van der Waals surface area (Å²) in [5.74, 6) is 2.57. The molecule has 0 unspecified atom stereocenters. The number of benzene rings is 1. The Labute approximate surface area is 129 Å². The van der Waals surface area contributed by atoms with Crippen molar-refractivity contribution in [3.63, 3.8) is 0 Å². The number of rotatable bonds is 6. The Morgan fingerprint density at radius 3 is 2.95 bits per heavy atom. The van der Waals surface area contributed by atoms with Crippen LogP contribution in [0.3, 0.4) is 0 Å². The summed E-state index contributed by atoms with van der Waals surface area (Å²) >= 11 is 3.36. The van der Waals surface area contributed by atoms with Crippen molar-refractivity contribution < 1.29 is 18.8 Å². The number of methoxy groups -OCH3 is 1. The summed E-state index contributed by atoms with van der Waals surface area (Å²) in [5, 5.41) is 3.93. The molecule has 2 aromatic rings. The lowest BCUT2D eigenvalue weighted by atomic mass is 10.2. The van der Waals surface area contributed by atoms with Gasteiger partial charge in [0.2, 0.25) is 0 Å². The molecule has 3 rings (SSSR count). The zero-order chi connectivity index (χ0) is 14.8. The van der Waals surface area contributed by atoms with Crippen LogP contribution in [-0.4, -0.2) is 23.5 Å². The number of ether oxygens (including phenoxy) is 2. The highest BCUT2D eigenvalue weighted by atomic mass is 79.9. The molecule has 1 aromatic heterocycles. The molecule has 0 N–H and O–H groups in total. The highest BCUT2D eigenvalue weighted by Gasteiger charge is 2.28. The first kappa shape index (κ1) is 14.1. The van der Waals surface area contributed by atoms with Crippen LogP contribution in [0.2, 0.25) is 0 Å². The molecule has 0 saturated heterocycles. The van der Waals surface area contributed by atoms with Gasteiger partial charge in [0.25, 0.3) is 5.89 Å². The molecule has 110 valence electrons. The minimum Gasteiger partial charge on any atom is -0.493 e. The lowest BCUT2D eigenvalue weighted by Gasteiger charge is -2.11. The first-order chi connectivity index (χ1) is 10.2. The predicted octanol–water partition coefficient (Wildman–Crippen LogP) is 3.11. The van der Waals surface area contributed by atoms with Crippen LogP contribution in [0, 0.1) is 0 Å². The van der Waals surface area contributed by atoms with Crippen LogP contribution >= 0.6 is 15.9 Å². The predicted molar refractivity (Wildman–Crippen MR) is 76.7 cm³/mol. The van der Waals surface area contributed by atoms with E-state index in [1.807, 2.05) is 0 Å². The fourth-order valence-corrected chi connectivity index (χ4v) is 2.49. The van der Waals surface area contributed by atoms with Crippen LogP contribution in [0.25, 0.3) is 0 Å². The minimum atomic E-state index is 0.148. The first-order valence-corrected chi connectivity index (χ1v) is 7.28. The van der Waals surface area contributed by atoms with Gasteiger partial charge in [-0.3, -0.25) is 4.79 Å². The van der Waals surface area contributed by atoms with Crippen LogP contribution in [0.15, 0.2) is 21.1 Å². The van der Waals surface area contributed by atoms with Gasteiger partial charge in [-0.15, -0.1) is 0 Å². The molecular formula is C14H13BrN2O4. The minimum absolute atomic E-state index is 0.148. The van der Waals surface area contributed by atoms with E-state index in [0.717, 1.165) is 25.0 Å². The zero-order valence-electron chi connectivity index (χ0n) is 11.3. The molecule has 1 aliphatic rings. The molecule has 0 amide bonds. The van der Waals surface area contributed by atoms with Crippen LogP contribution in [0.5, 0.6) is 11.5 Å². The second kappa shape index (κ2) is 5.85. The monoisotopic (exact) mass is 352 g/mol. The van der Waals surface area contributed by atoms with Crippen molar-refractivity contribution in [1.82, 2.24) is 10.1 Å². The van der Waals surface area contributed by atoms with Crippen LogP contribution in [0.4, 0.5) is 0 Å². The third-order valence-corrected chi connectivity index (χ3v) is 3.74. The molecule has 1 heterocycles. The third-order valence-electron chi connectivity index (χ3n) is 3.15. The lowest BCUT2D eigenvalue weighted by Crippen LogP contribution is -2.00. The summed E-state index contributed by atoms with van der Waals surface area (Å²) in [6, 6.07) is 3.27. The van der Waals surface area contributed by atoms with Gasteiger partial charge in [0, 0.05) is 11.5 Å². The molecule has 0 spiro atoms. The molecule has 1 saturated carbocycles. The molecule has 0 aliphatic heterocycles. The van der Waals surface area contributed by atoms with E-state index in [2.05, 4.69) is 26.1 Å². The van der Waals surface area contributed by atoms with Crippen molar-refractivity contribution in [2.24, 2.45) is 0 Å². The fourth-order valence-electron chi connectivity index (χ4n) is 1.92. The molecular weight excluding hydrogens is 340 g/mol. The average molecular weight is 353 g/mol. The molecule has 1 aromatic carbocycles. The van der Waals surface area contributed by atoms with E-state index in [9.17, 15) is 4.79 Å². The lowest BCUT2D eigenvalue weighted by molar-refractivity contribution is 0.112. The summed E-state index contributed by atoms with van der Waals surface area (Å²) in [6.45, 7) is 0.148. The molecule has 1 fully saturated rings. The Kier molecular flexibility index (Phi) is 3.92. The Balaban J connectivity index is 1.75. The van der Waals surface area contributed by atoms with Crippen molar-refractivity contribution in [3.8, 4) is 11.5 Å². The van der Waals surface area contributed by atoms with Crippen LogP contribution in [-0.2, 0) is 6.61 Å². The third kappa shape index (κ3) is 3.07. The topological polar surface area (TPSA) is 74.5 Å². The van der Waals surface area contributed by atoms with E-state index < -0.39 is 0 Å². The number of carbonyl (C=O) groups excluding carboxylic acids is 1. The summed E-state index contributed by atoms with van der Waals surface area (Å²) in [6.07, 6.45) is 2.98. The molecule has 1 aliphatic carbocycles. The number of aromatic nitrogens is 2. The number of carbonyl (C=O) groups is 1. The van der Waals surface area contributed by atoms with Gasteiger partial charge >= 0.3 is 0 Å². The maximum atomic E-state index is 10.8. The average Bonchev–Trinajstić information content (AvgIpc) is 3.24. The number of halogens is 1. The summed E-state index contributed by atoms with van der Waals surface area (Å²) in [4.78, 5) is 15.1. The number of nitrogens with zero attached hydrogens (tertiary/aromatic N) is 2. The molecule has 0 bridgehead atoms. The number of hydrogen-bond acceptors (Lipinski definition) is 6.